The van der Waals surface area contributed by atoms with Crippen LogP contribution >= 0.6 is 11.6 Å². The summed E-state index contributed by atoms with van der Waals surface area (Å²) in [5, 5.41) is 9.22. The molecule has 0 aliphatic carbocycles. The second-order valence-corrected chi connectivity index (χ2v) is 3.63. The van der Waals surface area contributed by atoms with Crippen LogP contribution in [0.3, 0.4) is 0 Å². The van der Waals surface area contributed by atoms with Crippen LogP contribution in [0.2, 0.25) is 5.02 Å². The zero-order valence-corrected chi connectivity index (χ0v) is 9.99. The van der Waals surface area contributed by atoms with Gasteiger partial charge in [-0.3, -0.25) is 4.79 Å². The lowest BCUT2D eigenvalue weighted by molar-refractivity contribution is -0.135. The fourth-order valence-corrected chi connectivity index (χ4v) is 1.65. The van der Waals surface area contributed by atoms with Gasteiger partial charge in [-0.05, 0) is 25.1 Å². The summed E-state index contributed by atoms with van der Waals surface area (Å²) in [5.41, 5.74) is 0.774. The first-order valence-electron chi connectivity index (χ1n) is 4.88. The van der Waals surface area contributed by atoms with Crippen LogP contribution in [0.15, 0.2) is 18.2 Å². The fraction of sp³-hybridized carbons (Fsp3) is 0.364. The van der Waals surface area contributed by atoms with Gasteiger partial charge in [-0.15, -0.1) is 0 Å². The molecule has 0 bridgehead atoms. The standard InChI is InChI=1S/C11H14ClNO3/c1-3-13(7-11(14)15)8-4-5-10(16-2)9(12)6-8/h4-6H,3,7H2,1-2H3,(H,14,15). The number of rotatable bonds is 5. The molecule has 0 amide bonds. The molecule has 5 heteroatoms. The molecule has 0 spiro atoms. The number of carbonyl (C=O) groups is 1. The molecular weight excluding hydrogens is 230 g/mol. The van der Waals surface area contributed by atoms with Crippen LogP contribution in [-0.4, -0.2) is 31.3 Å². The summed E-state index contributed by atoms with van der Waals surface area (Å²) in [6, 6.07) is 5.21. The maximum atomic E-state index is 10.7. The Labute approximate surface area is 99.4 Å². The van der Waals surface area contributed by atoms with Crippen molar-refractivity contribution in [3.05, 3.63) is 23.2 Å². The van der Waals surface area contributed by atoms with Crippen LogP contribution in [0.25, 0.3) is 0 Å². The number of carboxylic acids is 1. The van der Waals surface area contributed by atoms with E-state index in [1.54, 1.807) is 23.1 Å². The summed E-state index contributed by atoms with van der Waals surface area (Å²) in [7, 11) is 1.54. The summed E-state index contributed by atoms with van der Waals surface area (Å²) in [6.45, 7) is 2.45. The van der Waals surface area contributed by atoms with Crippen molar-refractivity contribution in [3.63, 3.8) is 0 Å². The molecule has 0 unspecified atom stereocenters. The normalized spacial score (nSPS) is 9.94. The Morgan fingerprint density at radius 1 is 1.56 bits per heavy atom. The first-order valence-corrected chi connectivity index (χ1v) is 5.26. The van der Waals surface area contributed by atoms with Gasteiger partial charge in [0, 0.05) is 12.2 Å². The third kappa shape index (κ3) is 3.03. The van der Waals surface area contributed by atoms with E-state index in [1.807, 2.05) is 6.92 Å². The predicted molar refractivity (Wildman–Crippen MR) is 63.5 cm³/mol. The van der Waals surface area contributed by atoms with E-state index in [2.05, 4.69) is 0 Å². The molecule has 0 heterocycles. The first kappa shape index (κ1) is 12.6. The third-order valence-electron chi connectivity index (χ3n) is 2.21. The van der Waals surface area contributed by atoms with Gasteiger partial charge >= 0.3 is 5.97 Å². The SMILES string of the molecule is CCN(CC(=O)O)c1ccc(OC)c(Cl)c1. The Balaban J connectivity index is 2.93. The highest BCUT2D eigenvalue weighted by molar-refractivity contribution is 6.32. The van der Waals surface area contributed by atoms with Crippen molar-refractivity contribution in [1.82, 2.24) is 0 Å². The molecule has 1 N–H and O–H groups in total. The number of hydrogen-bond acceptors (Lipinski definition) is 3. The van der Waals surface area contributed by atoms with E-state index in [0.29, 0.717) is 17.3 Å². The minimum Gasteiger partial charge on any atom is -0.495 e. The number of ether oxygens (including phenoxy) is 1. The first-order chi connectivity index (χ1) is 7.58. The Morgan fingerprint density at radius 2 is 2.25 bits per heavy atom. The number of aliphatic carboxylic acids is 1. The molecule has 0 atom stereocenters. The number of anilines is 1. The van der Waals surface area contributed by atoms with Crippen LogP contribution in [-0.2, 0) is 4.79 Å². The van der Waals surface area contributed by atoms with Gasteiger partial charge in [-0.1, -0.05) is 11.6 Å². The van der Waals surface area contributed by atoms with Gasteiger partial charge in [0.25, 0.3) is 0 Å². The number of methoxy groups -OCH3 is 1. The van der Waals surface area contributed by atoms with E-state index in [-0.39, 0.29) is 6.54 Å². The van der Waals surface area contributed by atoms with Gasteiger partial charge in [0.1, 0.15) is 12.3 Å². The van der Waals surface area contributed by atoms with Gasteiger partial charge in [0.2, 0.25) is 0 Å². The maximum absolute atomic E-state index is 10.7. The largest absolute Gasteiger partial charge is 0.495 e. The maximum Gasteiger partial charge on any atom is 0.323 e. The summed E-state index contributed by atoms with van der Waals surface area (Å²) < 4.78 is 5.03. The van der Waals surface area contributed by atoms with Gasteiger partial charge in [-0.25, -0.2) is 0 Å². The number of benzene rings is 1. The lowest BCUT2D eigenvalue weighted by Gasteiger charge is -2.21. The van der Waals surface area contributed by atoms with Crippen molar-refractivity contribution < 1.29 is 14.6 Å². The van der Waals surface area contributed by atoms with Crippen LogP contribution in [0.1, 0.15) is 6.92 Å². The molecule has 16 heavy (non-hydrogen) atoms. The lowest BCUT2D eigenvalue weighted by Crippen LogP contribution is -2.29. The minimum absolute atomic E-state index is 0.0425. The zero-order chi connectivity index (χ0) is 12.1. The van der Waals surface area contributed by atoms with Crippen LogP contribution in [0.4, 0.5) is 5.69 Å². The molecule has 0 aliphatic rings. The van der Waals surface area contributed by atoms with Gasteiger partial charge in [0.15, 0.2) is 0 Å². The van der Waals surface area contributed by atoms with E-state index in [0.717, 1.165) is 5.69 Å². The third-order valence-corrected chi connectivity index (χ3v) is 2.50. The number of hydrogen-bond donors (Lipinski definition) is 1. The van der Waals surface area contributed by atoms with Crippen molar-refractivity contribution >= 4 is 23.3 Å². The molecule has 0 aromatic heterocycles. The van der Waals surface area contributed by atoms with Gasteiger partial charge in [-0.2, -0.15) is 0 Å². The number of nitrogens with zero attached hydrogens (tertiary/aromatic N) is 1. The van der Waals surface area contributed by atoms with Crippen molar-refractivity contribution in [2.45, 2.75) is 6.92 Å². The Bertz CT molecular complexity index is 381. The molecule has 1 aromatic rings. The highest BCUT2D eigenvalue weighted by Crippen LogP contribution is 2.28. The zero-order valence-electron chi connectivity index (χ0n) is 9.24. The minimum atomic E-state index is -0.867. The number of halogens is 1. The highest BCUT2D eigenvalue weighted by Gasteiger charge is 2.10. The van der Waals surface area contributed by atoms with Crippen LogP contribution in [0, 0.1) is 0 Å². The molecular formula is C11H14ClNO3. The quantitative estimate of drug-likeness (QED) is 0.862. The summed E-state index contributed by atoms with van der Waals surface area (Å²) in [6.07, 6.45) is 0. The molecule has 0 radical (unpaired) electrons. The molecule has 0 aliphatic heterocycles. The molecule has 1 aromatic carbocycles. The van der Waals surface area contributed by atoms with Gasteiger partial charge < -0.3 is 14.7 Å². The number of carboxylic acid groups (broad SMARTS) is 1. The second kappa shape index (κ2) is 5.61. The highest BCUT2D eigenvalue weighted by atomic mass is 35.5. The second-order valence-electron chi connectivity index (χ2n) is 3.23. The summed E-state index contributed by atoms with van der Waals surface area (Å²) >= 11 is 5.97. The van der Waals surface area contributed by atoms with E-state index in [1.165, 1.54) is 7.11 Å². The summed E-state index contributed by atoms with van der Waals surface area (Å²) in [5.74, 6) is -0.286. The Hall–Kier alpha value is -1.42. The lowest BCUT2D eigenvalue weighted by atomic mass is 10.2. The van der Waals surface area contributed by atoms with Crippen LogP contribution < -0.4 is 9.64 Å². The summed E-state index contributed by atoms with van der Waals surface area (Å²) in [4.78, 5) is 12.4. The molecule has 1 rings (SSSR count). The van der Waals surface area contributed by atoms with Gasteiger partial charge in [0.05, 0.1) is 12.1 Å². The Kier molecular flexibility index (Phi) is 4.43. The monoisotopic (exact) mass is 243 g/mol. The molecule has 0 saturated carbocycles. The van der Waals surface area contributed by atoms with E-state index >= 15 is 0 Å². The van der Waals surface area contributed by atoms with Crippen molar-refractivity contribution in [2.75, 3.05) is 25.1 Å². The predicted octanol–water partition coefficient (Wildman–Crippen LogP) is 2.26. The molecule has 0 saturated heterocycles. The van der Waals surface area contributed by atoms with E-state index in [4.69, 9.17) is 21.4 Å². The van der Waals surface area contributed by atoms with Crippen molar-refractivity contribution in [3.8, 4) is 5.75 Å². The average Bonchev–Trinajstić information content (AvgIpc) is 2.25. The average molecular weight is 244 g/mol. The molecule has 88 valence electrons. The van der Waals surface area contributed by atoms with Crippen molar-refractivity contribution in [1.29, 1.82) is 0 Å². The van der Waals surface area contributed by atoms with Crippen LogP contribution in [0.5, 0.6) is 5.75 Å². The number of likely N-dealkylation sites (N-methyl/N-ethyl adjacent to an activating group) is 1. The topological polar surface area (TPSA) is 49.8 Å². The van der Waals surface area contributed by atoms with E-state index in [9.17, 15) is 4.79 Å². The van der Waals surface area contributed by atoms with Crippen molar-refractivity contribution in [2.24, 2.45) is 0 Å². The smallest absolute Gasteiger partial charge is 0.323 e. The molecule has 0 fully saturated rings. The Morgan fingerprint density at radius 3 is 2.69 bits per heavy atom. The van der Waals surface area contributed by atoms with E-state index < -0.39 is 5.97 Å². The fourth-order valence-electron chi connectivity index (χ4n) is 1.40. The molecule has 4 nitrogen and oxygen atoms in total.